The lowest BCUT2D eigenvalue weighted by Gasteiger charge is -2.17. The van der Waals surface area contributed by atoms with E-state index in [-0.39, 0.29) is 29.5 Å². The first kappa shape index (κ1) is 17.5. The number of carbonyl (C=O) groups is 1. The second kappa shape index (κ2) is 6.63. The predicted molar refractivity (Wildman–Crippen MR) is 64.5 cm³/mol. The molecule has 0 spiro atoms. The molecule has 0 aliphatic heterocycles. The Morgan fingerprint density at radius 1 is 1.32 bits per heavy atom. The second-order valence-corrected chi connectivity index (χ2v) is 3.52. The molecule has 1 aromatic carbocycles. The van der Waals surface area contributed by atoms with Crippen LogP contribution >= 0.6 is 12.4 Å². The lowest BCUT2D eigenvalue weighted by Crippen LogP contribution is -2.28. The fourth-order valence-electron chi connectivity index (χ4n) is 1.31. The van der Waals surface area contributed by atoms with Gasteiger partial charge in [0.25, 0.3) is 0 Å². The van der Waals surface area contributed by atoms with Crippen molar-refractivity contribution in [2.45, 2.75) is 19.1 Å². The predicted octanol–water partition coefficient (Wildman–Crippen LogP) is 2.60. The van der Waals surface area contributed by atoms with Gasteiger partial charge in [-0.2, -0.15) is 13.2 Å². The molecule has 0 heterocycles. The minimum atomic E-state index is -4.55. The van der Waals surface area contributed by atoms with Crippen LogP contribution in [-0.2, 0) is 4.79 Å². The van der Waals surface area contributed by atoms with Crippen molar-refractivity contribution in [3.63, 3.8) is 0 Å². The third kappa shape index (κ3) is 4.60. The van der Waals surface area contributed by atoms with Gasteiger partial charge in [-0.1, -0.05) is 6.07 Å². The molecule has 0 fully saturated rings. The van der Waals surface area contributed by atoms with Crippen LogP contribution in [0.25, 0.3) is 0 Å². The molecule has 0 radical (unpaired) electrons. The van der Waals surface area contributed by atoms with Crippen molar-refractivity contribution in [3.8, 4) is 11.5 Å². The van der Waals surface area contributed by atoms with Gasteiger partial charge in [0.2, 0.25) is 0 Å². The molecule has 0 unspecified atom stereocenters. The second-order valence-electron chi connectivity index (χ2n) is 3.52. The van der Waals surface area contributed by atoms with Crippen LogP contribution in [0.1, 0.15) is 18.5 Å². The zero-order valence-electron chi connectivity index (χ0n) is 10.2. The third-order valence-electron chi connectivity index (χ3n) is 2.15. The first-order valence-electron chi connectivity index (χ1n) is 4.94. The first-order chi connectivity index (χ1) is 8.25. The number of esters is 1. The fourth-order valence-corrected chi connectivity index (χ4v) is 1.31. The molecule has 1 rings (SSSR count). The van der Waals surface area contributed by atoms with Crippen molar-refractivity contribution >= 4 is 18.4 Å². The number of ether oxygens (including phenoxy) is 2. The van der Waals surface area contributed by atoms with Gasteiger partial charge in [0.05, 0.1) is 7.11 Å². The summed E-state index contributed by atoms with van der Waals surface area (Å²) in [5.74, 6) is -0.535. The van der Waals surface area contributed by atoms with E-state index in [2.05, 4.69) is 0 Å². The van der Waals surface area contributed by atoms with Crippen molar-refractivity contribution < 1.29 is 27.4 Å². The Balaban J connectivity index is 0.00000324. The van der Waals surface area contributed by atoms with Crippen LogP contribution in [0, 0.1) is 0 Å². The molecule has 0 aliphatic carbocycles. The summed E-state index contributed by atoms with van der Waals surface area (Å²) >= 11 is 0. The lowest BCUT2D eigenvalue weighted by atomic mass is 10.1. The van der Waals surface area contributed by atoms with E-state index >= 15 is 0 Å². The zero-order chi connectivity index (χ0) is 13.9. The van der Waals surface area contributed by atoms with Crippen molar-refractivity contribution in [1.82, 2.24) is 0 Å². The molecular formula is C11H13ClF3NO3. The molecule has 1 atom stereocenters. The monoisotopic (exact) mass is 299 g/mol. The Labute approximate surface area is 114 Å². The molecule has 0 saturated heterocycles. The average Bonchev–Trinajstić information content (AvgIpc) is 2.26. The SMILES string of the molecule is COc1cc([C@@H](N)C(F)(F)F)ccc1OC(C)=O.Cl. The number of methoxy groups -OCH3 is 1. The molecule has 19 heavy (non-hydrogen) atoms. The number of hydrogen-bond donors (Lipinski definition) is 1. The van der Waals surface area contributed by atoms with Crippen molar-refractivity contribution in [2.24, 2.45) is 5.73 Å². The molecule has 0 saturated carbocycles. The van der Waals surface area contributed by atoms with Crippen molar-refractivity contribution in [1.29, 1.82) is 0 Å². The van der Waals surface area contributed by atoms with E-state index in [0.717, 1.165) is 12.1 Å². The van der Waals surface area contributed by atoms with Crippen LogP contribution in [0.15, 0.2) is 18.2 Å². The van der Waals surface area contributed by atoms with Crippen LogP contribution in [-0.4, -0.2) is 19.3 Å². The summed E-state index contributed by atoms with van der Waals surface area (Å²) in [6.07, 6.45) is -4.55. The quantitative estimate of drug-likeness (QED) is 0.688. The molecular weight excluding hydrogens is 287 g/mol. The van der Waals surface area contributed by atoms with E-state index in [9.17, 15) is 18.0 Å². The molecule has 0 bridgehead atoms. The standard InChI is InChI=1S/C11H12F3NO3.ClH/c1-6(16)18-8-4-3-7(5-9(8)17-2)10(15)11(12,13)14;/h3-5,10H,15H2,1-2H3;1H/t10-;/m1./s1. The summed E-state index contributed by atoms with van der Waals surface area (Å²) in [5.41, 5.74) is 4.89. The van der Waals surface area contributed by atoms with Gasteiger partial charge in [-0.15, -0.1) is 12.4 Å². The molecule has 0 aliphatic rings. The summed E-state index contributed by atoms with van der Waals surface area (Å²) in [5, 5.41) is 0. The smallest absolute Gasteiger partial charge is 0.407 e. The maximum absolute atomic E-state index is 12.4. The van der Waals surface area contributed by atoms with Crippen LogP contribution in [0.4, 0.5) is 13.2 Å². The molecule has 8 heteroatoms. The number of alkyl halides is 3. The van der Waals surface area contributed by atoms with Gasteiger partial charge in [-0.3, -0.25) is 4.79 Å². The highest BCUT2D eigenvalue weighted by Gasteiger charge is 2.38. The van der Waals surface area contributed by atoms with E-state index in [0.29, 0.717) is 0 Å². The van der Waals surface area contributed by atoms with Crippen LogP contribution in [0.3, 0.4) is 0 Å². The number of halogens is 4. The van der Waals surface area contributed by atoms with Crippen LogP contribution < -0.4 is 15.2 Å². The highest BCUT2D eigenvalue weighted by atomic mass is 35.5. The van der Waals surface area contributed by atoms with Gasteiger partial charge in [-0.25, -0.2) is 0 Å². The van der Waals surface area contributed by atoms with Gasteiger partial charge < -0.3 is 15.2 Å². The molecule has 1 aromatic rings. The van der Waals surface area contributed by atoms with E-state index < -0.39 is 18.2 Å². The van der Waals surface area contributed by atoms with Gasteiger partial charge in [0, 0.05) is 6.92 Å². The molecule has 2 N–H and O–H groups in total. The number of hydrogen-bond acceptors (Lipinski definition) is 4. The van der Waals surface area contributed by atoms with Crippen molar-refractivity contribution in [3.05, 3.63) is 23.8 Å². The number of rotatable bonds is 3. The number of benzene rings is 1. The highest BCUT2D eigenvalue weighted by molar-refractivity contribution is 5.85. The Bertz CT molecular complexity index is 451. The Morgan fingerprint density at radius 3 is 2.32 bits per heavy atom. The molecule has 108 valence electrons. The topological polar surface area (TPSA) is 61.6 Å². The minimum absolute atomic E-state index is 0. The van der Waals surface area contributed by atoms with Crippen LogP contribution in [0.5, 0.6) is 11.5 Å². The summed E-state index contributed by atoms with van der Waals surface area (Å²) < 4.78 is 46.9. The van der Waals surface area contributed by atoms with E-state index in [1.54, 1.807) is 0 Å². The summed E-state index contributed by atoms with van der Waals surface area (Å²) in [6.45, 7) is 1.18. The van der Waals surface area contributed by atoms with E-state index in [1.165, 1.54) is 20.1 Å². The fraction of sp³-hybridized carbons (Fsp3) is 0.364. The maximum atomic E-state index is 12.4. The summed E-state index contributed by atoms with van der Waals surface area (Å²) in [6, 6.07) is 1.33. The number of nitrogens with two attached hydrogens (primary N) is 1. The Hall–Kier alpha value is -1.47. The Morgan fingerprint density at radius 2 is 1.89 bits per heavy atom. The zero-order valence-corrected chi connectivity index (χ0v) is 11.0. The molecule has 0 amide bonds. The summed E-state index contributed by atoms with van der Waals surface area (Å²) in [4.78, 5) is 10.8. The molecule has 4 nitrogen and oxygen atoms in total. The summed E-state index contributed by atoms with van der Waals surface area (Å²) in [7, 11) is 1.26. The Kier molecular flexibility index (Phi) is 6.11. The van der Waals surface area contributed by atoms with Gasteiger partial charge in [0.1, 0.15) is 6.04 Å². The van der Waals surface area contributed by atoms with E-state index in [1.807, 2.05) is 0 Å². The minimum Gasteiger partial charge on any atom is -0.493 e. The van der Waals surface area contributed by atoms with Crippen LogP contribution in [0.2, 0.25) is 0 Å². The normalized spacial score (nSPS) is 12.3. The first-order valence-corrected chi connectivity index (χ1v) is 4.94. The van der Waals surface area contributed by atoms with Gasteiger partial charge in [0.15, 0.2) is 11.5 Å². The van der Waals surface area contributed by atoms with Gasteiger partial charge in [-0.05, 0) is 17.7 Å². The van der Waals surface area contributed by atoms with E-state index in [4.69, 9.17) is 15.2 Å². The lowest BCUT2D eigenvalue weighted by molar-refractivity contribution is -0.149. The largest absolute Gasteiger partial charge is 0.493 e. The van der Waals surface area contributed by atoms with Gasteiger partial charge >= 0.3 is 12.1 Å². The maximum Gasteiger partial charge on any atom is 0.407 e. The molecule has 0 aromatic heterocycles. The number of carbonyl (C=O) groups excluding carboxylic acids is 1. The average molecular weight is 300 g/mol. The van der Waals surface area contributed by atoms with Crippen molar-refractivity contribution in [2.75, 3.05) is 7.11 Å². The highest BCUT2D eigenvalue weighted by Crippen LogP contribution is 2.35. The third-order valence-corrected chi connectivity index (χ3v) is 2.15.